The van der Waals surface area contributed by atoms with Crippen LogP contribution in [0.2, 0.25) is 0 Å². The molecule has 0 spiro atoms. The van der Waals surface area contributed by atoms with E-state index in [1.807, 2.05) is 41.5 Å². The van der Waals surface area contributed by atoms with Crippen molar-refractivity contribution in [1.29, 1.82) is 0 Å². The van der Waals surface area contributed by atoms with Gasteiger partial charge in [-0.1, -0.05) is 92.4 Å². The number of allylic oxidation sites excluding steroid dienone is 4. The second-order valence-electron chi connectivity index (χ2n) is 8.31. The van der Waals surface area contributed by atoms with Crippen LogP contribution in [0.5, 0.6) is 0 Å². The van der Waals surface area contributed by atoms with Gasteiger partial charge in [0.05, 0.1) is 0 Å². The first-order valence-electron chi connectivity index (χ1n) is 9.30. The maximum atomic E-state index is 9.63. The summed E-state index contributed by atoms with van der Waals surface area (Å²) >= 11 is 0. The van der Waals surface area contributed by atoms with Gasteiger partial charge in [-0.15, -0.1) is 26.7 Å². The molecule has 1 aliphatic carbocycles. The summed E-state index contributed by atoms with van der Waals surface area (Å²) in [7, 11) is 0. The van der Waals surface area contributed by atoms with Crippen molar-refractivity contribution in [1.82, 2.24) is 0 Å². The van der Waals surface area contributed by atoms with Crippen LogP contribution < -0.4 is 15.3 Å². The summed E-state index contributed by atoms with van der Waals surface area (Å²) < 4.78 is 0. The Kier molecular flexibility index (Phi) is 23.9. The fourth-order valence-electron chi connectivity index (χ4n) is 1.41. The van der Waals surface area contributed by atoms with Crippen molar-refractivity contribution in [2.24, 2.45) is 23.2 Å². The van der Waals surface area contributed by atoms with Crippen molar-refractivity contribution in [3.05, 3.63) is 22.8 Å². The third kappa shape index (κ3) is 20.4. The molecule has 26 heavy (non-hydrogen) atoms. The summed E-state index contributed by atoms with van der Waals surface area (Å²) in [4.78, 5) is 0. The van der Waals surface area contributed by atoms with E-state index in [9.17, 15) is 15.3 Å². The number of rotatable bonds is 3. The second kappa shape index (κ2) is 18.4. The molecule has 0 saturated carbocycles. The molecule has 0 saturated heterocycles. The van der Waals surface area contributed by atoms with Crippen LogP contribution in [-0.2, 0) is 21.7 Å². The van der Waals surface area contributed by atoms with Crippen LogP contribution in [0.4, 0.5) is 0 Å². The van der Waals surface area contributed by atoms with Gasteiger partial charge in [0.2, 0.25) is 0 Å². The quantitative estimate of drug-likeness (QED) is 0.538. The molecule has 0 heterocycles. The van der Waals surface area contributed by atoms with E-state index in [0.717, 1.165) is 0 Å². The Labute approximate surface area is 178 Å². The largest absolute Gasteiger partial charge is 4.00 e. The fourth-order valence-corrected chi connectivity index (χ4v) is 1.41. The predicted molar refractivity (Wildman–Crippen MR) is 104 cm³/mol. The topological polar surface area (TPSA) is 69.2 Å². The van der Waals surface area contributed by atoms with Gasteiger partial charge in [0.25, 0.3) is 0 Å². The van der Waals surface area contributed by atoms with Gasteiger partial charge in [-0.2, -0.15) is 11.1 Å². The first-order chi connectivity index (χ1) is 11.3. The molecule has 3 nitrogen and oxygen atoms in total. The molecular weight excluding hydrogens is 360 g/mol. The molecule has 0 N–H and O–H groups in total. The zero-order valence-corrected chi connectivity index (χ0v) is 20.6. The zero-order chi connectivity index (χ0) is 20.8. The number of hydrogen-bond donors (Lipinski definition) is 0. The average molecular weight is 402 g/mol. The van der Waals surface area contributed by atoms with Gasteiger partial charge >= 0.3 is 21.7 Å². The summed E-state index contributed by atoms with van der Waals surface area (Å²) in [5, 5.41) is 28.9. The SMILES string of the molecule is CC(C)C[O-].CC(C)C[O-].CC(C)C[O-].CC1=[C-]C(C)(C)C(C)=C1C.[Ti+4]. The average Bonchev–Trinajstić information content (AvgIpc) is 2.70. The van der Waals surface area contributed by atoms with Crippen LogP contribution in [0.3, 0.4) is 0 Å². The van der Waals surface area contributed by atoms with Crippen LogP contribution in [-0.4, -0.2) is 19.8 Å². The molecule has 0 aromatic rings. The molecule has 1 aliphatic rings. The van der Waals surface area contributed by atoms with E-state index >= 15 is 0 Å². The van der Waals surface area contributed by atoms with E-state index in [1.54, 1.807) is 0 Å². The zero-order valence-electron chi connectivity index (χ0n) is 19.1. The first kappa shape index (κ1) is 33.6. The Morgan fingerprint density at radius 1 is 0.731 bits per heavy atom. The molecule has 0 aromatic carbocycles. The molecule has 0 radical (unpaired) electrons. The monoisotopic (exact) mass is 402 g/mol. The van der Waals surface area contributed by atoms with Crippen LogP contribution in [0.15, 0.2) is 16.7 Å². The molecule has 0 bridgehead atoms. The van der Waals surface area contributed by atoms with Crippen LogP contribution in [0, 0.1) is 29.2 Å². The molecular formula is C22H42O3Ti. The van der Waals surface area contributed by atoms with E-state index in [-0.39, 0.29) is 47.0 Å². The van der Waals surface area contributed by atoms with Crippen molar-refractivity contribution < 1.29 is 37.0 Å². The van der Waals surface area contributed by atoms with Gasteiger partial charge in [0, 0.05) is 0 Å². The fraction of sp³-hybridized carbons (Fsp3) is 0.818. The molecule has 1 rings (SSSR count). The van der Waals surface area contributed by atoms with E-state index in [1.165, 1.54) is 16.7 Å². The van der Waals surface area contributed by atoms with Crippen molar-refractivity contribution in [3.8, 4) is 0 Å². The standard InChI is InChI=1S/C10H15.3C4H9O.Ti/c1-7-6-10(4,5)9(3)8(7)2;3*1-4(2)3-5;/h1-5H3;3*4H,3H2,1-2H3;/q4*-1;+4. The Bertz CT molecular complexity index is 362. The van der Waals surface area contributed by atoms with Crippen molar-refractivity contribution in [3.63, 3.8) is 0 Å². The summed E-state index contributed by atoms with van der Waals surface area (Å²) in [6, 6.07) is 0. The minimum Gasteiger partial charge on any atom is -0.854 e. The van der Waals surface area contributed by atoms with E-state index in [2.05, 4.69) is 40.7 Å². The minimum atomic E-state index is 0. The van der Waals surface area contributed by atoms with Gasteiger partial charge in [-0.3, -0.25) is 6.08 Å². The Balaban J connectivity index is -0.000000132. The van der Waals surface area contributed by atoms with Crippen LogP contribution in [0.1, 0.15) is 76.2 Å². The van der Waals surface area contributed by atoms with Gasteiger partial charge in [-0.25, -0.2) is 5.57 Å². The van der Waals surface area contributed by atoms with E-state index in [4.69, 9.17) is 0 Å². The molecule has 0 unspecified atom stereocenters. The van der Waals surface area contributed by atoms with Crippen molar-refractivity contribution in [2.75, 3.05) is 19.8 Å². The molecule has 0 amide bonds. The maximum absolute atomic E-state index is 9.63. The van der Waals surface area contributed by atoms with E-state index in [0.29, 0.717) is 17.8 Å². The molecule has 0 atom stereocenters. The molecule has 152 valence electrons. The van der Waals surface area contributed by atoms with Crippen LogP contribution in [0.25, 0.3) is 0 Å². The predicted octanol–water partition coefficient (Wildman–Crippen LogP) is 3.12. The Morgan fingerprint density at radius 2 is 0.962 bits per heavy atom. The smallest absolute Gasteiger partial charge is 0.854 e. The molecule has 0 fully saturated rings. The van der Waals surface area contributed by atoms with Crippen molar-refractivity contribution >= 4 is 0 Å². The van der Waals surface area contributed by atoms with E-state index < -0.39 is 0 Å². The third-order valence-electron chi connectivity index (χ3n) is 3.56. The first-order valence-corrected chi connectivity index (χ1v) is 9.30. The molecule has 0 aromatic heterocycles. The maximum Gasteiger partial charge on any atom is 4.00 e. The van der Waals surface area contributed by atoms with Gasteiger partial charge < -0.3 is 15.3 Å². The molecule has 0 aliphatic heterocycles. The Hall–Kier alpha value is 0.0743. The molecule has 4 heteroatoms. The summed E-state index contributed by atoms with van der Waals surface area (Å²) in [6.07, 6.45) is 3.44. The van der Waals surface area contributed by atoms with Gasteiger partial charge in [0.1, 0.15) is 0 Å². The second-order valence-corrected chi connectivity index (χ2v) is 8.31. The normalized spacial score (nSPS) is 14.6. The van der Waals surface area contributed by atoms with Gasteiger partial charge in [-0.05, 0) is 0 Å². The number of hydrogen-bond acceptors (Lipinski definition) is 3. The summed E-state index contributed by atoms with van der Waals surface area (Å²) in [5.41, 5.74) is 4.39. The Morgan fingerprint density at radius 3 is 1.00 bits per heavy atom. The minimum absolute atomic E-state index is 0. The van der Waals surface area contributed by atoms with Gasteiger partial charge in [0.15, 0.2) is 0 Å². The summed E-state index contributed by atoms with van der Waals surface area (Å²) in [5.74, 6) is 0.986. The van der Waals surface area contributed by atoms with Crippen molar-refractivity contribution in [2.45, 2.75) is 76.2 Å². The van der Waals surface area contributed by atoms with Crippen LogP contribution >= 0.6 is 0 Å². The third-order valence-corrected chi connectivity index (χ3v) is 3.56. The summed E-state index contributed by atoms with van der Waals surface area (Å²) in [6.45, 7) is 22.5.